The molecule has 0 saturated carbocycles. The van der Waals surface area contributed by atoms with Gasteiger partial charge in [0.15, 0.2) is 9.84 Å². The van der Waals surface area contributed by atoms with Crippen molar-refractivity contribution in [3.8, 4) is 0 Å². The van der Waals surface area contributed by atoms with Crippen LogP contribution in [0.25, 0.3) is 0 Å². The average Bonchev–Trinajstić information content (AvgIpc) is 3.08. The minimum atomic E-state index is -3.30. The van der Waals surface area contributed by atoms with Crippen LogP contribution in [0.15, 0.2) is 48.8 Å². The summed E-state index contributed by atoms with van der Waals surface area (Å²) in [6.45, 7) is 1.11. The number of hydrogen-bond donors (Lipinski definition) is 0. The van der Waals surface area contributed by atoms with Crippen LogP contribution in [-0.4, -0.2) is 65.3 Å². The summed E-state index contributed by atoms with van der Waals surface area (Å²) in [6, 6.07) is 11.3. The van der Waals surface area contributed by atoms with E-state index in [0.717, 1.165) is 5.56 Å². The molecule has 0 radical (unpaired) electrons. The Morgan fingerprint density at radius 1 is 1.23 bits per heavy atom. The number of rotatable bonds is 4. The standard InChI is InChI=1S/C18H21N3O4S/c22-17(9-15-5-2-1-3-6-15)20-12-18(13-20)14-26(23,24)16(11-25-18)10-21-8-4-7-19-21/h1-8,16H,9-14H2/t16-/m0/s1. The third-order valence-electron chi connectivity index (χ3n) is 5.01. The van der Waals surface area contributed by atoms with Crippen LogP contribution in [-0.2, 0) is 32.3 Å². The number of carbonyl (C=O) groups excluding carboxylic acids is 1. The van der Waals surface area contributed by atoms with Crippen LogP contribution in [0.3, 0.4) is 0 Å². The summed E-state index contributed by atoms with van der Waals surface area (Å²) in [5, 5.41) is 3.47. The molecule has 1 spiro atoms. The first kappa shape index (κ1) is 17.2. The maximum atomic E-state index is 12.7. The molecule has 2 aliphatic heterocycles. The molecule has 0 aliphatic carbocycles. The van der Waals surface area contributed by atoms with Gasteiger partial charge in [-0.15, -0.1) is 0 Å². The number of aromatic nitrogens is 2. The van der Waals surface area contributed by atoms with Crippen molar-refractivity contribution in [1.82, 2.24) is 14.7 Å². The monoisotopic (exact) mass is 375 g/mol. The van der Waals surface area contributed by atoms with E-state index in [4.69, 9.17) is 4.74 Å². The van der Waals surface area contributed by atoms with E-state index < -0.39 is 20.7 Å². The van der Waals surface area contributed by atoms with Crippen LogP contribution in [0.1, 0.15) is 5.56 Å². The molecule has 138 valence electrons. The largest absolute Gasteiger partial charge is 0.369 e. The fourth-order valence-electron chi connectivity index (χ4n) is 3.57. The van der Waals surface area contributed by atoms with Gasteiger partial charge in [0.25, 0.3) is 0 Å². The van der Waals surface area contributed by atoms with Crippen molar-refractivity contribution in [2.45, 2.75) is 23.8 Å². The molecule has 2 aliphatic rings. The lowest BCUT2D eigenvalue weighted by Crippen LogP contribution is -2.70. The van der Waals surface area contributed by atoms with E-state index in [1.54, 1.807) is 28.0 Å². The third-order valence-corrected chi connectivity index (χ3v) is 7.24. The lowest BCUT2D eigenvalue weighted by atomic mass is 9.94. The minimum Gasteiger partial charge on any atom is -0.369 e. The molecule has 2 fully saturated rings. The van der Waals surface area contributed by atoms with Gasteiger partial charge in [0.1, 0.15) is 10.9 Å². The molecule has 1 aromatic heterocycles. The Morgan fingerprint density at radius 2 is 2.00 bits per heavy atom. The zero-order valence-electron chi connectivity index (χ0n) is 14.3. The van der Waals surface area contributed by atoms with Crippen molar-refractivity contribution in [3.05, 3.63) is 54.4 Å². The molecule has 2 aromatic rings. The lowest BCUT2D eigenvalue weighted by molar-refractivity contribution is -0.164. The van der Waals surface area contributed by atoms with Gasteiger partial charge in [-0.05, 0) is 11.6 Å². The molecule has 1 amide bonds. The quantitative estimate of drug-likeness (QED) is 0.778. The van der Waals surface area contributed by atoms with E-state index in [1.807, 2.05) is 30.3 Å². The maximum Gasteiger partial charge on any atom is 0.227 e. The van der Waals surface area contributed by atoms with E-state index >= 15 is 0 Å². The van der Waals surface area contributed by atoms with Crippen LogP contribution in [0.2, 0.25) is 0 Å². The minimum absolute atomic E-state index is 0.00138. The van der Waals surface area contributed by atoms with Crippen molar-refractivity contribution in [1.29, 1.82) is 0 Å². The Kier molecular flexibility index (Phi) is 4.32. The van der Waals surface area contributed by atoms with E-state index in [0.29, 0.717) is 26.1 Å². The summed E-state index contributed by atoms with van der Waals surface area (Å²) >= 11 is 0. The van der Waals surface area contributed by atoms with Gasteiger partial charge in [0, 0.05) is 12.4 Å². The van der Waals surface area contributed by atoms with Crippen LogP contribution >= 0.6 is 0 Å². The Hall–Kier alpha value is -2.19. The Balaban J connectivity index is 1.35. The predicted molar refractivity (Wildman–Crippen MR) is 95.2 cm³/mol. The van der Waals surface area contributed by atoms with Gasteiger partial charge in [-0.2, -0.15) is 5.10 Å². The second-order valence-electron chi connectivity index (χ2n) is 7.06. The Morgan fingerprint density at radius 3 is 2.65 bits per heavy atom. The predicted octanol–water partition coefficient (Wildman–Crippen LogP) is 0.520. The van der Waals surface area contributed by atoms with Crippen LogP contribution < -0.4 is 0 Å². The number of hydrogen-bond acceptors (Lipinski definition) is 5. The molecule has 0 unspecified atom stereocenters. The van der Waals surface area contributed by atoms with Crippen molar-refractivity contribution < 1.29 is 17.9 Å². The molecule has 0 bridgehead atoms. The fraction of sp³-hybridized carbons (Fsp3) is 0.444. The Labute approximate surface area is 152 Å². The maximum absolute atomic E-state index is 12.7. The Bertz CT molecular complexity index is 874. The van der Waals surface area contributed by atoms with Crippen LogP contribution in [0.4, 0.5) is 0 Å². The van der Waals surface area contributed by atoms with Crippen LogP contribution in [0, 0.1) is 0 Å². The average molecular weight is 375 g/mol. The number of nitrogens with zero attached hydrogens (tertiary/aromatic N) is 3. The molecule has 8 heteroatoms. The molecule has 7 nitrogen and oxygen atoms in total. The summed E-state index contributed by atoms with van der Waals surface area (Å²) in [4.78, 5) is 14.0. The van der Waals surface area contributed by atoms with Gasteiger partial charge in [0.05, 0.1) is 38.4 Å². The summed E-state index contributed by atoms with van der Waals surface area (Å²) in [5.41, 5.74) is 0.209. The SMILES string of the molecule is O=C(Cc1ccccc1)N1CC2(C1)CS(=O)(=O)[C@@H](Cn1cccn1)CO2. The summed E-state index contributed by atoms with van der Waals surface area (Å²) in [7, 11) is -3.30. The molecule has 0 N–H and O–H groups in total. The summed E-state index contributed by atoms with van der Waals surface area (Å²) < 4.78 is 32.8. The highest BCUT2D eigenvalue weighted by Crippen LogP contribution is 2.33. The topological polar surface area (TPSA) is 81.5 Å². The highest BCUT2D eigenvalue weighted by Gasteiger charge is 2.53. The van der Waals surface area contributed by atoms with E-state index in [9.17, 15) is 13.2 Å². The molecule has 2 saturated heterocycles. The lowest BCUT2D eigenvalue weighted by Gasteiger charge is -2.52. The number of ether oxygens (including phenoxy) is 1. The normalized spacial score (nSPS) is 23.5. The van der Waals surface area contributed by atoms with E-state index in [-0.39, 0.29) is 18.3 Å². The second-order valence-corrected chi connectivity index (χ2v) is 9.34. The van der Waals surface area contributed by atoms with Crippen LogP contribution in [0.5, 0.6) is 0 Å². The third kappa shape index (κ3) is 3.39. The zero-order valence-corrected chi connectivity index (χ0v) is 15.1. The summed E-state index contributed by atoms with van der Waals surface area (Å²) in [5.74, 6) is -0.0392. The van der Waals surface area contributed by atoms with E-state index in [2.05, 4.69) is 5.10 Å². The molecular formula is C18H21N3O4S. The number of carbonyl (C=O) groups is 1. The van der Waals surface area contributed by atoms with Gasteiger partial charge in [-0.25, -0.2) is 8.42 Å². The van der Waals surface area contributed by atoms with Crippen molar-refractivity contribution in [3.63, 3.8) is 0 Å². The molecule has 3 heterocycles. The highest BCUT2D eigenvalue weighted by molar-refractivity contribution is 7.92. The smallest absolute Gasteiger partial charge is 0.227 e. The van der Waals surface area contributed by atoms with Gasteiger partial charge < -0.3 is 9.64 Å². The fourth-order valence-corrected chi connectivity index (χ4v) is 5.46. The molecule has 1 aromatic carbocycles. The number of sulfone groups is 1. The summed E-state index contributed by atoms with van der Waals surface area (Å²) in [6.07, 6.45) is 3.69. The molecule has 1 atom stereocenters. The number of benzene rings is 1. The van der Waals surface area contributed by atoms with Gasteiger partial charge in [-0.3, -0.25) is 9.48 Å². The molecule has 26 heavy (non-hydrogen) atoms. The first-order valence-electron chi connectivity index (χ1n) is 8.60. The van der Waals surface area contributed by atoms with E-state index in [1.165, 1.54) is 0 Å². The van der Waals surface area contributed by atoms with Gasteiger partial charge in [0.2, 0.25) is 5.91 Å². The van der Waals surface area contributed by atoms with Gasteiger partial charge >= 0.3 is 0 Å². The molecular weight excluding hydrogens is 354 g/mol. The van der Waals surface area contributed by atoms with Crippen molar-refractivity contribution in [2.75, 3.05) is 25.4 Å². The van der Waals surface area contributed by atoms with Gasteiger partial charge in [-0.1, -0.05) is 30.3 Å². The first-order valence-corrected chi connectivity index (χ1v) is 10.3. The first-order chi connectivity index (χ1) is 12.5. The van der Waals surface area contributed by atoms with Crippen molar-refractivity contribution in [2.24, 2.45) is 0 Å². The zero-order chi connectivity index (χ0) is 18.2. The number of likely N-dealkylation sites (tertiary alicyclic amines) is 1. The highest BCUT2D eigenvalue weighted by atomic mass is 32.2. The van der Waals surface area contributed by atoms with Crippen molar-refractivity contribution >= 4 is 15.7 Å². The molecule has 4 rings (SSSR count). The second kappa shape index (κ2) is 6.51. The number of amides is 1.